The summed E-state index contributed by atoms with van der Waals surface area (Å²) in [6.45, 7) is 6.73. The van der Waals surface area contributed by atoms with E-state index >= 15 is 0 Å². The van der Waals surface area contributed by atoms with Crippen molar-refractivity contribution in [2.45, 2.75) is 25.3 Å². The smallest absolute Gasteiger partial charge is 0.238 e. The highest BCUT2D eigenvalue weighted by atomic mass is 35.5. The number of hydrogen-bond acceptors (Lipinski definition) is 4. The Morgan fingerprint density at radius 3 is 2.38 bits per heavy atom. The predicted molar refractivity (Wildman–Crippen MR) is 141 cm³/mol. The van der Waals surface area contributed by atoms with Gasteiger partial charge in [-0.15, -0.1) is 18.3 Å². The van der Waals surface area contributed by atoms with E-state index in [1.807, 2.05) is 60.4 Å². The minimum atomic E-state index is -0.179. The molecule has 1 aliphatic rings. The fourth-order valence-electron chi connectivity index (χ4n) is 3.85. The van der Waals surface area contributed by atoms with E-state index in [0.717, 1.165) is 22.4 Å². The van der Waals surface area contributed by atoms with Crippen LogP contribution in [0.2, 0.25) is 10.0 Å². The zero-order valence-corrected chi connectivity index (χ0v) is 21.1. The SMILES string of the molecule is C=CCc1cc([C@@H]2SCC(=O)N2c2ccc(Cl)cc2)cc(OCC)c1OCc1ccc(Cl)cc1. The lowest BCUT2D eigenvalue weighted by Gasteiger charge is -2.26. The van der Waals surface area contributed by atoms with Crippen LogP contribution < -0.4 is 14.4 Å². The van der Waals surface area contributed by atoms with Gasteiger partial charge < -0.3 is 9.47 Å². The molecule has 176 valence electrons. The number of carbonyl (C=O) groups excluding carboxylic acids is 1. The zero-order valence-electron chi connectivity index (χ0n) is 18.8. The van der Waals surface area contributed by atoms with Gasteiger partial charge in [0.1, 0.15) is 12.0 Å². The quantitative estimate of drug-likeness (QED) is 0.278. The molecule has 1 fully saturated rings. The molecule has 4 rings (SSSR count). The molecule has 1 amide bonds. The standard InChI is InChI=1S/C27H25Cl2NO3S/c1-3-5-19-14-20(27-30(25(31)17-34-27)23-12-10-22(29)11-13-23)15-24(32-4-2)26(19)33-16-18-6-8-21(28)9-7-18/h3,6-15,27H,1,4-5,16-17H2,2H3/t27-/m0/s1. The molecule has 1 heterocycles. The summed E-state index contributed by atoms with van der Waals surface area (Å²) in [5, 5.41) is 1.14. The molecule has 0 aromatic heterocycles. The molecule has 1 aliphatic heterocycles. The second kappa shape index (κ2) is 11.2. The van der Waals surface area contributed by atoms with E-state index in [1.165, 1.54) is 0 Å². The van der Waals surface area contributed by atoms with Crippen molar-refractivity contribution in [3.8, 4) is 11.5 Å². The molecule has 0 saturated carbocycles. The summed E-state index contributed by atoms with van der Waals surface area (Å²) in [5.74, 6) is 1.81. The number of nitrogens with zero attached hydrogens (tertiary/aromatic N) is 1. The Labute approximate surface area is 214 Å². The van der Waals surface area contributed by atoms with E-state index in [-0.39, 0.29) is 11.3 Å². The average molecular weight is 514 g/mol. The third kappa shape index (κ3) is 5.54. The first-order chi connectivity index (χ1) is 16.5. The maximum atomic E-state index is 12.8. The van der Waals surface area contributed by atoms with Gasteiger partial charge in [-0.2, -0.15) is 0 Å². The van der Waals surface area contributed by atoms with Crippen LogP contribution >= 0.6 is 35.0 Å². The minimum absolute atomic E-state index is 0.0589. The summed E-state index contributed by atoms with van der Waals surface area (Å²) in [5.41, 5.74) is 3.76. The molecule has 4 nitrogen and oxygen atoms in total. The number of anilines is 1. The molecule has 34 heavy (non-hydrogen) atoms. The average Bonchev–Trinajstić information content (AvgIpc) is 3.22. The molecule has 3 aromatic rings. The highest BCUT2D eigenvalue weighted by Gasteiger charge is 2.35. The van der Waals surface area contributed by atoms with Crippen molar-refractivity contribution >= 4 is 46.6 Å². The molecule has 7 heteroatoms. The lowest BCUT2D eigenvalue weighted by Crippen LogP contribution is -2.27. The van der Waals surface area contributed by atoms with Gasteiger partial charge in [0, 0.05) is 21.3 Å². The Bertz CT molecular complexity index is 1170. The van der Waals surface area contributed by atoms with Crippen molar-refractivity contribution in [1.82, 2.24) is 0 Å². The second-order valence-electron chi connectivity index (χ2n) is 7.75. The number of thioether (sulfide) groups is 1. The molecule has 0 N–H and O–H groups in total. The molecule has 1 saturated heterocycles. The summed E-state index contributed by atoms with van der Waals surface area (Å²) in [6.07, 6.45) is 2.45. The Balaban J connectivity index is 1.70. The summed E-state index contributed by atoms with van der Waals surface area (Å²) in [4.78, 5) is 14.6. The Morgan fingerprint density at radius 1 is 1.06 bits per heavy atom. The van der Waals surface area contributed by atoms with E-state index < -0.39 is 0 Å². The van der Waals surface area contributed by atoms with E-state index in [2.05, 4.69) is 12.6 Å². The van der Waals surface area contributed by atoms with Crippen LogP contribution in [0.25, 0.3) is 0 Å². The highest BCUT2D eigenvalue weighted by Crippen LogP contribution is 2.45. The Hall–Kier alpha value is -2.60. The van der Waals surface area contributed by atoms with Crippen molar-refractivity contribution in [1.29, 1.82) is 0 Å². The number of rotatable bonds is 9. The van der Waals surface area contributed by atoms with Gasteiger partial charge in [-0.3, -0.25) is 9.69 Å². The number of ether oxygens (including phenoxy) is 2. The molecule has 1 atom stereocenters. The fraction of sp³-hybridized carbons (Fsp3) is 0.222. The Kier molecular flexibility index (Phi) is 8.09. The van der Waals surface area contributed by atoms with Crippen LogP contribution in [0.4, 0.5) is 5.69 Å². The van der Waals surface area contributed by atoms with Gasteiger partial charge in [-0.05, 0) is 73.0 Å². The van der Waals surface area contributed by atoms with Gasteiger partial charge in [-0.1, -0.05) is 41.4 Å². The highest BCUT2D eigenvalue weighted by molar-refractivity contribution is 8.00. The van der Waals surface area contributed by atoms with Gasteiger partial charge in [0.25, 0.3) is 0 Å². The molecule has 3 aromatic carbocycles. The molecular weight excluding hydrogens is 489 g/mol. The molecule has 0 aliphatic carbocycles. The van der Waals surface area contributed by atoms with Crippen LogP contribution in [0.5, 0.6) is 11.5 Å². The van der Waals surface area contributed by atoms with Crippen molar-refractivity contribution in [2.75, 3.05) is 17.3 Å². The summed E-state index contributed by atoms with van der Waals surface area (Å²) in [7, 11) is 0. The van der Waals surface area contributed by atoms with E-state index in [0.29, 0.717) is 46.9 Å². The van der Waals surface area contributed by atoms with Gasteiger partial charge in [-0.25, -0.2) is 0 Å². The van der Waals surface area contributed by atoms with Gasteiger partial charge in [0.05, 0.1) is 12.4 Å². The second-order valence-corrected chi connectivity index (χ2v) is 9.69. The summed E-state index contributed by atoms with van der Waals surface area (Å²) >= 11 is 13.7. The third-order valence-corrected chi connectivity index (χ3v) is 7.09. The molecule has 0 bridgehead atoms. The normalized spacial score (nSPS) is 15.4. The van der Waals surface area contributed by atoms with Crippen LogP contribution in [0.3, 0.4) is 0 Å². The van der Waals surface area contributed by atoms with E-state index in [9.17, 15) is 4.79 Å². The van der Waals surface area contributed by atoms with Crippen LogP contribution in [0.15, 0.2) is 73.3 Å². The fourth-order valence-corrected chi connectivity index (χ4v) is 5.26. The first-order valence-corrected chi connectivity index (χ1v) is 12.8. The minimum Gasteiger partial charge on any atom is -0.490 e. The number of benzene rings is 3. The third-order valence-electron chi connectivity index (χ3n) is 5.37. The van der Waals surface area contributed by atoms with Crippen molar-refractivity contribution < 1.29 is 14.3 Å². The first kappa shape index (κ1) is 24.5. The predicted octanol–water partition coefficient (Wildman–Crippen LogP) is 7.48. The summed E-state index contributed by atoms with van der Waals surface area (Å²) in [6, 6.07) is 19.0. The molecule has 0 spiro atoms. The van der Waals surface area contributed by atoms with Crippen LogP contribution in [-0.4, -0.2) is 18.3 Å². The number of carbonyl (C=O) groups is 1. The van der Waals surface area contributed by atoms with Crippen LogP contribution in [-0.2, 0) is 17.8 Å². The number of halogens is 2. The Morgan fingerprint density at radius 2 is 1.74 bits per heavy atom. The first-order valence-electron chi connectivity index (χ1n) is 11.0. The number of allylic oxidation sites excluding steroid dienone is 1. The lowest BCUT2D eigenvalue weighted by atomic mass is 10.0. The van der Waals surface area contributed by atoms with Gasteiger partial charge in [0.15, 0.2) is 11.5 Å². The number of amides is 1. The molecule has 0 unspecified atom stereocenters. The van der Waals surface area contributed by atoms with E-state index in [1.54, 1.807) is 23.9 Å². The summed E-state index contributed by atoms with van der Waals surface area (Å²) < 4.78 is 12.2. The topological polar surface area (TPSA) is 38.8 Å². The van der Waals surface area contributed by atoms with Crippen molar-refractivity contribution in [3.63, 3.8) is 0 Å². The van der Waals surface area contributed by atoms with Gasteiger partial charge in [0.2, 0.25) is 5.91 Å². The monoisotopic (exact) mass is 513 g/mol. The van der Waals surface area contributed by atoms with E-state index in [4.69, 9.17) is 32.7 Å². The maximum Gasteiger partial charge on any atom is 0.238 e. The zero-order chi connectivity index (χ0) is 24.1. The van der Waals surface area contributed by atoms with Crippen molar-refractivity contribution in [2.24, 2.45) is 0 Å². The number of hydrogen-bond donors (Lipinski definition) is 0. The van der Waals surface area contributed by atoms with Gasteiger partial charge >= 0.3 is 0 Å². The molecule has 0 radical (unpaired) electrons. The maximum absolute atomic E-state index is 12.8. The van der Waals surface area contributed by atoms with Crippen molar-refractivity contribution in [3.05, 3.63) is 100 Å². The largest absolute Gasteiger partial charge is 0.490 e. The molecular formula is C27H25Cl2NO3S. The van der Waals surface area contributed by atoms with Crippen LogP contribution in [0, 0.1) is 0 Å². The van der Waals surface area contributed by atoms with Crippen LogP contribution in [0.1, 0.15) is 29.0 Å². The lowest BCUT2D eigenvalue weighted by molar-refractivity contribution is -0.115.